The van der Waals surface area contributed by atoms with Crippen molar-refractivity contribution in [2.45, 2.75) is 39.3 Å². The molecule has 102 valence electrons. The van der Waals surface area contributed by atoms with E-state index in [9.17, 15) is 5.11 Å². The number of hydrogen-bond donors (Lipinski definition) is 2. The Hall–Kier alpha value is -0.770. The van der Waals surface area contributed by atoms with Crippen LogP contribution in [0.3, 0.4) is 0 Å². The third kappa shape index (κ3) is 5.71. The first-order valence-corrected chi connectivity index (χ1v) is 6.48. The molecule has 0 aliphatic carbocycles. The summed E-state index contributed by atoms with van der Waals surface area (Å²) in [6.07, 6.45) is -0.539. The maximum atomic E-state index is 9.81. The highest BCUT2D eigenvalue weighted by molar-refractivity contribution is 6.30. The standard InChI is InChI=1S/C14H22ClNO2/c1-10-5-6-11(15)7-13(10)18-9-12(17)8-16-14(2,3)4/h5-7,12,16-17H,8-9H2,1-4H3. The summed E-state index contributed by atoms with van der Waals surface area (Å²) in [6, 6.07) is 5.49. The number of aliphatic hydroxyl groups is 1. The van der Waals surface area contributed by atoms with Gasteiger partial charge in [-0.1, -0.05) is 17.7 Å². The number of aryl methyl sites for hydroxylation is 1. The van der Waals surface area contributed by atoms with E-state index in [1.807, 2.05) is 19.1 Å². The van der Waals surface area contributed by atoms with Gasteiger partial charge in [-0.2, -0.15) is 0 Å². The maximum absolute atomic E-state index is 9.81. The number of nitrogens with one attached hydrogen (secondary N) is 1. The number of aliphatic hydroxyl groups excluding tert-OH is 1. The molecule has 0 aromatic heterocycles. The molecule has 0 radical (unpaired) electrons. The first kappa shape index (κ1) is 15.3. The number of rotatable bonds is 5. The Balaban J connectivity index is 2.42. The zero-order valence-corrected chi connectivity index (χ0v) is 12.2. The molecule has 0 heterocycles. The van der Waals surface area contributed by atoms with Gasteiger partial charge in [-0.25, -0.2) is 0 Å². The van der Waals surface area contributed by atoms with E-state index in [1.165, 1.54) is 0 Å². The van der Waals surface area contributed by atoms with E-state index in [0.29, 0.717) is 11.6 Å². The summed E-state index contributed by atoms with van der Waals surface area (Å²) >= 11 is 5.90. The van der Waals surface area contributed by atoms with Gasteiger partial charge in [0, 0.05) is 17.1 Å². The van der Waals surface area contributed by atoms with Crippen molar-refractivity contribution in [3.8, 4) is 5.75 Å². The van der Waals surface area contributed by atoms with Gasteiger partial charge in [0.05, 0.1) is 0 Å². The van der Waals surface area contributed by atoms with E-state index < -0.39 is 6.10 Å². The second kappa shape index (κ2) is 6.41. The van der Waals surface area contributed by atoms with Crippen LogP contribution in [-0.2, 0) is 0 Å². The quantitative estimate of drug-likeness (QED) is 0.865. The van der Waals surface area contributed by atoms with Crippen LogP contribution in [0.25, 0.3) is 0 Å². The molecule has 0 amide bonds. The number of benzene rings is 1. The van der Waals surface area contributed by atoms with Crippen LogP contribution in [0.15, 0.2) is 18.2 Å². The molecule has 1 rings (SSSR count). The van der Waals surface area contributed by atoms with Gasteiger partial charge in [0.1, 0.15) is 18.5 Å². The monoisotopic (exact) mass is 271 g/mol. The van der Waals surface area contributed by atoms with Crippen LogP contribution >= 0.6 is 11.6 Å². The second-order valence-corrected chi connectivity index (χ2v) is 5.94. The van der Waals surface area contributed by atoms with Crippen molar-refractivity contribution in [3.63, 3.8) is 0 Å². The Morgan fingerprint density at radius 1 is 1.39 bits per heavy atom. The molecule has 0 bridgehead atoms. The third-order valence-corrected chi connectivity index (χ3v) is 2.68. The SMILES string of the molecule is Cc1ccc(Cl)cc1OCC(O)CNC(C)(C)C. The summed E-state index contributed by atoms with van der Waals surface area (Å²) in [4.78, 5) is 0. The minimum absolute atomic E-state index is 0.00699. The summed E-state index contributed by atoms with van der Waals surface area (Å²) in [6.45, 7) is 8.88. The summed E-state index contributed by atoms with van der Waals surface area (Å²) in [5, 5.41) is 13.7. The van der Waals surface area contributed by atoms with Crippen LogP contribution in [0.1, 0.15) is 26.3 Å². The summed E-state index contributed by atoms with van der Waals surface area (Å²) in [7, 11) is 0. The lowest BCUT2D eigenvalue weighted by atomic mass is 10.1. The lowest BCUT2D eigenvalue weighted by Gasteiger charge is -2.23. The first-order chi connectivity index (χ1) is 8.28. The second-order valence-electron chi connectivity index (χ2n) is 5.51. The molecular formula is C14H22ClNO2. The molecule has 0 fully saturated rings. The molecule has 0 saturated carbocycles. The Bertz CT molecular complexity index is 388. The summed E-state index contributed by atoms with van der Waals surface area (Å²) < 4.78 is 5.57. The molecule has 4 heteroatoms. The molecular weight excluding hydrogens is 250 g/mol. The number of ether oxygens (including phenoxy) is 1. The highest BCUT2D eigenvalue weighted by Gasteiger charge is 2.13. The fraction of sp³-hybridized carbons (Fsp3) is 0.571. The van der Waals surface area contributed by atoms with Gasteiger partial charge in [-0.05, 0) is 45.4 Å². The maximum Gasteiger partial charge on any atom is 0.123 e. The van der Waals surface area contributed by atoms with Gasteiger partial charge in [-0.15, -0.1) is 0 Å². The highest BCUT2D eigenvalue weighted by Crippen LogP contribution is 2.22. The minimum atomic E-state index is -0.539. The Morgan fingerprint density at radius 2 is 2.06 bits per heavy atom. The molecule has 0 aliphatic rings. The van der Waals surface area contributed by atoms with Crippen LogP contribution < -0.4 is 10.1 Å². The predicted molar refractivity (Wildman–Crippen MR) is 75.4 cm³/mol. The van der Waals surface area contributed by atoms with Crippen molar-refractivity contribution in [2.24, 2.45) is 0 Å². The van der Waals surface area contributed by atoms with Gasteiger partial charge in [0.15, 0.2) is 0 Å². The van der Waals surface area contributed by atoms with Gasteiger partial charge in [0.25, 0.3) is 0 Å². The molecule has 3 nitrogen and oxygen atoms in total. The highest BCUT2D eigenvalue weighted by atomic mass is 35.5. The van der Waals surface area contributed by atoms with Crippen LogP contribution in [-0.4, -0.2) is 29.9 Å². The first-order valence-electron chi connectivity index (χ1n) is 6.10. The Morgan fingerprint density at radius 3 is 2.67 bits per heavy atom. The topological polar surface area (TPSA) is 41.5 Å². The van der Waals surface area contributed by atoms with Crippen molar-refractivity contribution in [2.75, 3.05) is 13.2 Å². The molecule has 2 N–H and O–H groups in total. The summed E-state index contributed by atoms with van der Waals surface area (Å²) in [5.74, 6) is 0.720. The molecule has 0 aliphatic heterocycles. The van der Waals surface area contributed by atoms with Gasteiger partial charge in [0.2, 0.25) is 0 Å². The average molecular weight is 272 g/mol. The van der Waals surface area contributed by atoms with Crippen molar-refractivity contribution < 1.29 is 9.84 Å². The average Bonchev–Trinajstić information content (AvgIpc) is 2.26. The molecule has 0 saturated heterocycles. The van der Waals surface area contributed by atoms with E-state index in [4.69, 9.17) is 16.3 Å². The van der Waals surface area contributed by atoms with Gasteiger partial charge < -0.3 is 15.2 Å². The largest absolute Gasteiger partial charge is 0.491 e. The van der Waals surface area contributed by atoms with Gasteiger partial charge in [-0.3, -0.25) is 0 Å². The van der Waals surface area contributed by atoms with Crippen LogP contribution in [0, 0.1) is 6.92 Å². The number of hydrogen-bond acceptors (Lipinski definition) is 3. The Labute approximate surface area is 114 Å². The van der Waals surface area contributed by atoms with E-state index in [0.717, 1.165) is 11.3 Å². The van der Waals surface area contributed by atoms with Crippen molar-refractivity contribution >= 4 is 11.6 Å². The van der Waals surface area contributed by atoms with Crippen molar-refractivity contribution in [3.05, 3.63) is 28.8 Å². The lowest BCUT2D eigenvalue weighted by molar-refractivity contribution is 0.0997. The van der Waals surface area contributed by atoms with E-state index in [1.54, 1.807) is 6.07 Å². The van der Waals surface area contributed by atoms with Crippen LogP contribution in [0.2, 0.25) is 5.02 Å². The zero-order chi connectivity index (χ0) is 13.8. The molecule has 1 unspecified atom stereocenters. The molecule has 1 aromatic rings. The number of β-amino-alcohol motifs (C(OH)–C–C–N with tert-alkyl or cyclic N) is 1. The van der Waals surface area contributed by atoms with Crippen LogP contribution in [0.5, 0.6) is 5.75 Å². The van der Waals surface area contributed by atoms with Gasteiger partial charge >= 0.3 is 0 Å². The van der Waals surface area contributed by atoms with E-state index in [2.05, 4.69) is 26.1 Å². The molecule has 0 spiro atoms. The molecule has 1 atom stereocenters. The third-order valence-electron chi connectivity index (χ3n) is 2.45. The van der Waals surface area contributed by atoms with Crippen molar-refractivity contribution in [1.82, 2.24) is 5.32 Å². The minimum Gasteiger partial charge on any atom is -0.491 e. The predicted octanol–water partition coefficient (Wildman–Crippen LogP) is 2.78. The van der Waals surface area contributed by atoms with Crippen molar-refractivity contribution in [1.29, 1.82) is 0 Å². The lowest BCUT2D eigenvalue weighted by Crippen LogP contribution is -2.42. The number of halogens is 1. The fourth-order valence-electron chi connectivity index (χ4n) is 1.40. The van der Waals surface area contributed by atoms with Crippen LogP contribution in [0.4, 0.5) is 0 Å². The smallest absolute Gasteiger partial charge is 0.123 e. The summed E-state index contributed by atoms with van der Waals surface area (Å²) in [5.41, 5.74) is 1.00. The zero-order valence-electron chi connectivity index (χ0n) is 11.5. The molecule has 1 aromatic carbocycles. The Kier molecular flexibility index (Phi) is 5.45. The fourth-order valence-corrected chi connectivity index (χ4v) is 1.56. The van der Waals surface area contributed by atoms with E-state index in [-0.39, 0.29) is 12.1 Å². The molecule has 18 heavy (non-hydrogen) atoms. The van der Waals surface area contributed by atoms with E-state index >= 15 is 0 Å². The normalized spacial score (nSPS) is 13.4.